The fraction of sp³-hybridized carbons (Fsp3) is 0.480. The first kappa shape index (κ1) is 22.0. The molecule has 166 valence electrons. The number of carbonyl (C=O) groups is 1. The van der Waals surface area contributed by atoms with E-state index in [1.54, 1.807) is 0 Å². The van der Waals surface area contributed by atoms with Crippen LogP contribution in [0.3, 0.4) is 0 Å². The summed E-state index contributed by atoms with van der Waals surface area (Å²) in [5.41, 5.74) is 4.72. The lowest BCUT2D eigenvalue weighted by atomic mass is 9.89. The Labute approximate surface area is 186 Å². The number of benzene rings is 2. The number of likely N-dealkylation sites (tertiary alicyclic amines) is 1. The van der Waals surface area contributed by atoms with E-state index in [2.05, 4.69) is 31.2 Å². The van der Waals surface area contributed by atoms with E-state index in [0.29, 0.717) is 25.4 Å². The monoisotopic (exact) mass is 440 g/mol. The molecule has 1 amide bonds. The van der Waals surface area contributed by atoms with E-state index in [9.17, 15) is 13.2 Å². The normalized spacial score (nSPS) is 20.5. The molecule has 0 spiro atoms. The third-order valence-electron chi connectivity index (χ3n) is 6.80. The van der Waals surface area contributed by atoms with Crippen LogP contribution in [-0.4, -0.2) is 48.9 Å². The maximum atomic E-state index is 13.4. The fourth-order valence-corrected chi connectivity index (χ4v) is 5.84. The topological polar surface area (TPSA) is 57.7 Å². The van der Waals surface area contributed by atoms with Gasteiger partial charge in [0.15, 0.2) is 0 Å². The summed E-state index contributed by atoms with van der Waals surface area (Å²) in [6.07, 6.45) is 5.84. The zero-order valence-electron chi connectivity index (χ0n) is 18.5. The largest absolute Gasteiger partial charge is 0.341 e. The van der Waals surface area contributed by atoms with E-state index >= 15 is 0 Å². The standard InChI is InChI=1S/C25H32N2O3S/c1-19-7-9-20(10-8-19)11-12-21-13-15-26(16-14-21)25(28)24-17-22-5-3-4-6-23(22)18-27(24)31(2,29)30/h3-10,21,24H,11-18H2,1-2H3. The Morgan fingerprint density at radius 3 is 2.29 bits per heavy atom. The Morgan fingerprint density at radius 1 is 1.00 bits per heavy atom. The lowest BCUT2D eigenvalue weighted by Gasteiger charge is -2.39. The van der Waals surface area contributed by atoms with E-state index in [1.165, 1.54) is 21.7 Å². The molecule has 0 N–H and O–H groups in total. The van der Waals surface area contributed by atoms with Crippen molar-refractivity contribution in [2.75, 3.05) is 19.3 Å². The third-order valence-corrected chi connectivity index (χ3v) is 8.04. The molecule has 1 unspecified atom stereocenters. The van der Waals surface area contributed by atoms with Gasteiger partial charge in [-0.2, -0.15) is 4.31 Å². The van der Waals surface area contributed by atoms with Crippen LogP contribution in [0.2, 0.25) is 0 Å². The lowest BCUT2D eigenvalue weighted by Crippen LogP contribution is -2.54. The van der Waals surface area contributed by atoms with Crippen molar-refractivity contribution in [3.05, 3.63) is 70.8 Å². The van der Waals surface area contributed by atoms with E-state index in [-0.39, 0.29) is 12.5 Å². The van der Waals surface area contributed by atoms with Crippen molar-refractivity contribution in [3.8, 4) is 0 Å². The first-order valence-corrected chi connectivity index (χ1v) is 13.0. The van der Waals surface area contributed by atoms with Crippen molar-refractivity contribution in [3.63, 3.8) is 0 Å². The highest BCUT2D eigenvalue weighted by Gasteiger charge is 2.39. The van der Waals surface area contributed by atoms with Gasteiger partial charge >= 0.3 is 0 Å². The zero-order valence-corrected chi connectivity index (χ0v) is 19.3. The van der Waals surface area contributed by atoms with Gasteiger partial charge in [-0.25, -0.2) is 8.42 Å². The van der Waals surface area contributed by atoms with Crippen LogP contribution in [-0.2, 0) is 34.2 Å². The molecule has 5 nitrogen and oxygen atoms in total. The average Bonchev–Trinajstić information content (AvgIpc) is 2.77. The van der Waals surface area contributed by atoms with Gasteiger partial charge in [-0.05, 0) is 61.6 Å². The van der Waals surface area contributed by atoms with Gasteiger partial charge in [0.1, 0.15) is 6.04 Å². The number of amides is 1. The third kappa shape index (κ3) is 5.18. The molecule has 31 heavy (non-hydrogen) atoms. The maximum Gasteiger partial charge on any atom is 0.241 e. The highest BCUT2D eigenvalue weighted by molar-refractivity contribution is 7.88. The number of rotatable bonds is 5. The minimum Gasteiger partial charge on any atom is -0.341 e. The van der Waals surface area contributed by atoms with Crippen molar-refractivity contribution >= 4 is 15.9 Å². The molecular weight excluding hydrogens is 408 g/mol. The number of carbonyl (C=O) groups excluding carboxylic acids is 1. The average molecular weight is 441 g/mol. The summed E-state index contributed by atoms with van der Waals surface area (Å²) >= 11 is 0. The molecule has 0 aromatic heterocycles. The van der Waals surface area contributed by atoms with Crippen LogP contribution < -0.4 is 0 Å². The zero-order chi connectivity index (χ0) is 22.0. The van der Waals surface area contributed by atoms with Gasteiger partial charge in [0.2, 0.25) is 15.9 Å². The van der Waals surface area contributed by atoms with Crippen molar-refractivity contribution in [2.24, 2.45) is 5.92 Å². The number of hydrogen-bond acceptors (Lipinski definition) is 3. The van der Waals surface area contributed by atoms with Crippen molar-refractivity contribution in [1.82, 2.24) is 9.21 Å². The van der Waals surface area contributed by atoms with Gasteiger partial charge in [-0.3, -0.25) is 4.79 Å². The fourth-order valence-electron chi connectivity index (χ4n) is 4.84. The molecule has 2 aromatic rings. The number of fused-ring (bicyclic) bond motifs is 1. The Bertz CT molecular complexity index is 1020. The Kier molecular flexibility index (Phi) is 6.49. The quantitative estimate of drug-likeness (QED) is 0.714. The number of aryl methyl sites for hydroxylation is 2. The molecule has 2 aliphatic heterocycles. The highest BCUT2D eigenvalue weighted by atomic mass is 32.2. The second-order valence-corrected chi connectivity index (χ2v) is 11.0. The number of hydrogen-bond donors (Lipinski definition) is 0. The first-order chi connectivity index (χ1) is 14.8. The summed E-state index contributed by atoms with van der Waals surface area (Å²) in [6, 6.07) is 15.9. The van der Waals surface area contributed by atoms with E-state index in [4.69, 9.17) is 0 Å². The van der Waals surface area contributed by atoms with Crippen molar-refractivity contribution in [1.29, 1.82) is 0 Å². The number of sulfonamides is 1. The highest BCUT2D eigenvalue weighted by Crippen LogP contribution is 2.29. The van der Waals surface area contributed by atoms with Gasteiger partial charge in [0.05, 0.1) is 6.26 Å². The summed E-state index contributed by atoms with van der Waals surface area (Å²) < 4.78 is 26.3. The summed E-state index contributed by atoms with van der Waals surface area (Å²) in [5.74, 6) is 0.570. The maximum absolute atomic E-state index is 13.4. The Hall–Kier alpha value is -2.18. The molecule has 0 aliphatic carbocycles. The van der Waals surface area contributed by atoms with Crippen LogP contribution >= 0.6 is 0 Å². The smallest absolute Gasteiger partial charge is 0.241 e. The van der Waals surface area contributed by atoms with Crippen molar-refractivity contribution in [2.45, 2.75) is 51.6 Å². The number of nitrogens with zero attached hydrogens (tertiary/aromatic N) is 2. The predicted octanol–water partition coefficient (Wildman–Crippen LogP) is 3.55. The van der Waals surface area contributed by atoms with E-state index in [1.807, 2.05) is 29.2 Å². The molecule has 2 heterocycles. The second-order valence-electron chi connectivity index (χ2n) is 9.09. The summed E-state index contributed by atoms with van der Waals surface area (Å²) in [5, 5.41) is 0. The second kappa shape index (κ2) is 9.13. The van der Waals surface area contributed by atoms with Crippen LogP contribution in [0.15, 0.2) is 48.5 Å². The van der Waals surface area contributed by atoms with Crippen LogP contribution in [0.1, 0.15) is 41.5 Å². The minimum atomic E-state index is -3.47. The van der Waals surface area contributed by atoms with Gasteiger partial charge < -0.3 is 4.90 Å². The lowest BCUT2D eigenvalue weighted by molar-refractivity contribution is -0.137. The summed E-state index contributed by atoms with van der Waals surface area (Å²) in [6.45, 7) is 3.81. The molecule has 1 atom stereocenters. The van der Waals surface area contributed by atoms with Gasteiger partial charge in [0, 0.05) is 19.6 Å². The molecule has 1 fully saturated rings. The van der Waals surface area contributed by atoms with E-state index in [0.717, 1.165) is 36.8 Å². The summed E-state index contributed by atoms with van der Waals surface area (Å²) in [4.78, 5) is 15.2. The molecule has 6 heteroatoms. The molecule has 1 saturated heterocycles. The first-order valence-electron chi connectivity index (χ1n) is 11.2. The van der Waals surface area contributed by atoms with Gasteiger partial charge in [-0.1, -0.05) is 54.1 Å². The number of piperidine rings is 1. The Morgan fingerprint density at radius 2 is 1.65 bits per heavy atom. The van der Waals surface area contributed by atoms with Crippen molar-refractivity contribution < 1.29 is 13.2 Å². The molecule has 2 aliphatic rings. The van der Waals surface area contributed by atoms with Crippen LogP contribution in [0.5, 0.6) is 0 Å². The van der Waals surface area contributed by atoms with E-state index < -0.39 is 16.1 Å². The predicted molar refractivity (Wildman–Crippen MR) is 123 cm³/mol. The molecule has 0 radical (unpaired) electrons. The Balaban J connectivity index is 1.37. The van der Waals surface area contributed by atoms with Crippen LogP contribution in [0.25, 0.3) is 0 Å². The molecule has 4 rings (SSSR count). The van der Waals surface area contributed by atoms with Crippen LogP contribution in [0, 0.1) is 12.8 Å². The molecular formula is C25H32N2O3S. The molecule has 0 bridgehead atoms. The molecule has 0 saturated carbocycles. The SMILES string of the molecule is Cc1ccc(CCC2CCN(C(=O)C3Cc4ccccc4CN3S(C)(=O)=O)CC2)cc1. The van der Waals surface area contributed by atoms with Gasteiger partial charge in [0.25, 0.3) is 0 Å². The molecule has 2 aromatic carbocycles. The summed E-state index contributed by atoms with van der Waals surface area (Å²) in [7, 11) is -3.47. The minimum absolute atomic E-state index is 0.0445. The van der Waals surface area contributed by atoms with Crippen LogP contribution in [0.4, 0.5) is 0 Å². The van der Waals surface area contributed by atoms with Gasteiger partial charge in [-0.15, -0.1) is 0 Å².